The summed E-state index contributed by atoms with van der Waals surface area (Å²) in [7, 11) is 0. The van der Waals surface area contributed by atoms with Crippen molar-refractivity contribution in [3.63, 3.8) is 0 Å². The van der Waals surface area contributed by atoms with E-state index in [0.717, 1.165) is 19.3 Å². The number of imide groups is 1. The maximum absolute atomic E-state index is 12.7. The van der Waals surface area contributed by atoms with Crippen molar-refractivity contribution in [3.8, 4) is 5.75 Å². The van der Waals surface area contributed by atoms with E-state index < -0.39 is 0 Å². The van der Waals surface area contributed by atoms with Gasteiger partial charge in [-0.3, -0.25) is 19.3 Å². The Morgan fingerprint density at radius 2 is 1.90 bits per heavy atom. The largest absolute Gasteiger partial charge is 0.494 e. The Morgan fingerprint density at radius 3 is 2.60 bits per heavy atom. The molecule has 2 aliphatic heterocycles. The van der Waals surface area contributed by atoms with Gasteiger partial charge in [0.15, 0.2) is 0 Å². The Kier molecular flexibility index (Phi) is 5.81. The second-order valence-electron chi connectivity index (χ2n) is 7.44. The normalized spacial score (nSPS) is 17.9. The Hall–Kier alpha value is -3.19. The Bertz CT molecular complexity index is 964. The molecule has 2 aromatic rings. The Labute approximate surface area is 175 Å². The molecule has 2 aromatic carbocycles. The summed E-state index contributed by atoms with van der Waals surface area (Å²) in [4.78, 5) is 39.1. The third kappa shape index (κ3) is 4.07. The van der Waals surface area contributed by atoms with Gasteiger partial charge >= 0.3 is 0 Å². The highest BCUT2D eigenvalue weighted by atomic mass is 16.5. The number of nitrogens with one attached hydrogen (secondary N) is 1. The van der Waals surface area contributed by atoms with Crippen molar-refractivity contribution < 1.29 is 23.9 Å². The maximum atomic E-state index is 12.7. The first kappa shape index (κ1) is 20.1. The lowest BCUT2D eigenvalue weighted by Gasteiger charge is -2.17. The molecule has 1 unspecified atom stereocenters. The topological polar surface area (TPSA) is 84.9 Å². The quantitative estimate of drug-likeness (QED) is 0.709. The molecule has 156 valence electrons. The van der Waals surface area contributed by atoms with Crippen LogP contribution in [0.3, 0.4) is 0 Å². The van der Waals surface area contributed by atoms with E-state index in [1.165, 1.54) is 4.90 Å². The summed E-state index contributed by atoms with van der Waals surface area (Å²) in [6.07, 6.45) is 2.59. The molecule has 7 heteroatoms. The van der Waals surface area contributed by atoms with Gasteiger partial charge in [0.25, 0.3) is 17.7 Å². The molecule has 1 fully saturated rings. The van der Waals surface area contributed by atoms with Crippen LogP contribution < -0.4 is 10.1 Å². The van der Waals surface area contributed by atoms with Crippen molar-refractivity contribution in [3.05, 3.63) is 59.2 Å². The molecule has 0 bridgehead atoms. The van der Waals surface area contributed by atoms with Crippen molar-refractivity contribution in [2.75, 3.05) is 25.1 Å². The van der Waals surface area contributed by atoms with Gasteiger partial charge < -0.3 is 14.8 Å². The molecule has 3 amide bonds. The molecule has 1 atom stereocenters. The fraction of sp³-hybridized carbons (Fsp3) is 0.348. The highest BCUT2D eigenvalue weighted by Gasteiger charge is 2.37. The predicted octanol–water partition coefficient (Wildman–Crippen LogP) is 3.50. The second kappa shape index (κ2) is 8.67. The number of rotatable bonds is 7. The zero-order valence-corrected chi connectivity index (χ0v) is 16.8. The van der Waals surface area contributed by atoms with Gasteiger partial charge in [-0.25, -0.2) is 0 Å². The lowest BCUT2D eigenvalue weighted by Crippen LogP contribution is -2.36. The first-order chi connectivity index (χ1) is 14.6. The number of carbonyl (C=O) groups is 3. The third-order valence-corrected chi connectivity index (χ3v) is 5.23. The van der Waals surface area contributed by atoms with Gasteiger partial charge in [-0.15, -0.1) is 0 Å². The summed E-state index contributed by atoms with van der Waals surface area (Å²) >= 11 is 0. The molecule has 4 rings (SSSR count). The lowest BCUT2D eigenvalue weighted by atomic mass is 10.1. The first-order valence-corrected chi connectivity index (χ1v) is 10.2. The Morgan fingerprint density at radius 1 is 1.13 bits per heavy atom. The van der Waals surface area contributed by atoms with Crippen molar-refractivity contribution in [2.45, 2.75) is 32.3 Å². The zero-order chi connectivity index (χ0) is 21.1. The maximum Gasteiger partial charge on any atom is 0.261 e. The van der Waals surface area contributed by atoms with Gasteiger partial charge in [0.05, 0.1) is 30.4 Å². The number of hydrogen-bond acceptors (Lipinski definition) is 5. The van der Waals surface area contributed by atoms with E-state index in [1.54, 1.807) is 42.5 Å². The molecule has 30 heavy (non-hydrogen) atoms. The predicted molar refractivity (Wildman–Crippen MR) is 111 cm³/mol. The molecule has 0 saturated carbocycles. The standard InChI is InChI=1S/C23H24N2O5/c1-2-11-29-17-8-5-15(6-9-17)21(26)24-16-7-10-19-20(13-16)23(28)25(22(19)27)14-18-4-3-12-30-18/h5-10,13,18H,2-4,11-12,14H2,1H3,(H,24,26). The van der Waals surface area contributed by atoms with Gasteiger partial charge in [-0.1, -0.05) is 6.92 Å². The van der Waals surface area contributed by atoms with Crippen LogP contribution >= 0.6 is 0 Å². The van der Waals surface area contributed by atoms with E-state index in [2.05, 4.69) is 5.32 Å². The van der Waals surface area contributed by atoms with Crippen LogP contribution in [0.1, 0.15) is 57.3 Å². The number of anilines is 1. The summed E-state index contributed by atoms with van der Waals surface area (Å²) in [6, 6.07) is 11.6. The monoisotopic (exact) mass is 408 g/mol. The number of nitrogens with zero attached hydrogens (tertiary/aromatic N) is 1. The van der Waals surface area contributed by atoms with E-state index in [4.69, 9.17) is 9.47 Å². The molecular formula is C23H24N2O5. The number of hydrogen-bond donors (Lipinski definition) is 1. The molecule has 0 radical (unpaired) electrons. The van der Waals surface area contributed by atoms with Crippen LogP contribution in [0.2, 0.25) is 0 Å². The van der Waals surface area contributed by atoms with Gasteiger partial charge in [-0.2, -0.15) is 0 Å². The number of ether oxygens (including phenoxy) is 2. The summed E-state index contributed by atoms with van der Waals surface area (Å²) in [5.41, 5.74) is 1.60. The first-order valence-electron chi connectivity index (χ1n) is 10.2. The van der Waals surface area contributed by atoms with Crippen LogP contribution in [0.15, 0.2) is 42.5 Å². The van der Waals surface area contributed by atoms with Crippen LogP contribution in [-0.2, 0) is 4.74 Å². The lowest BCUT2D eigenvalue weighted by molar-refractivity contribution is 0.0475. The van der Waals surface area contributed by atoms with E-state index in [1.807, 2.05) is 6.92 Å². The number of benzene rings is 2. The molecule has 0 aliphatic carbocycles. The summed E-state index contributed by atoms with van der Waals surface area (Å²) in [6.45, 7) is 3.58. The average Bonchev–Trinajstić information content (AvgIpc) is 3.36. The molecule has 1 saturated heterocycles. The van der Waals surface area contributed by atoms with Crippen molar-refractivity contribution >= 4 is 23.4 Å². The number of carbonyl (C=O) groups excluding carboxylic acids is 3. The molecule has 0 spiro atoms. The molecule has 2 heterocycles. The summed E-state index contributed by atoms with van der Waals surface area (Å²) < 4.78 is 11.1. The number of fused-ring (bicyclic) bond motifs is 1. The second-order valence-corrected chi connectivity index (χ2v) is 7.44. The van der Waals surface area contributed by atoms with Gasteiger partial charge in [-0.05, 0) is 61.7 Å². The molecule has 1 N–H and O–H groups in total. The highest BCUT2D eigenvalue weighted by molar-refractivity contribution is 6.22. The average molecular weight is 408 g/mol. The van der Waals surface area contributed by atoms with Gasteiger partial charge in [0.1, 0.15) is 5.75 Å². The fourth-order valence-corrected chi connectivity index (χ4v) is 3.65. The van der Waals surface area contributed by atoms with Crippen LogP contribution in [0.5, 0.6) is 5.75 Å². The third-order valence-electron chi connectivity index (χ3n) is 5.23. The minimum absolute atomic E-state index is 0.101. The SMILES string of the molecule is CCCOc1ccc(C(=O)Nc2ccc3c(c2)C(=O)N(CC2CCCO2)C3=O)cc1. The zero-order valence-electron chi connectivity index (χ0n) is 16.8. The summed E-state index contributed by atoms with van der Waals surface area (Å²) in [5.74, 6) is -0.253. The van der Waals surface area contributed by atoms with Crippen LogP contribution in [0.25, 0.3) is 0 Å². The smallest absolute Gasteiger partial charge is 0.261 e. The Balaban J connectivity index is 1.45. The molecule has 2 aliphatic rings. The van der Waals surface area contributed by atoms with Crippen molar-refractivity contribution in [1.29, 1.82) is 0 Å². The van der Waals surface area contributed by atoms with Crippen molar-refractivity contribution in [1.82, 2.24) is 4.90 Å². The van der Waals surface area contributed by atoms with Crippen LogP contribution in [0, 0.1) is 0 Å². The minimum Gasteiger partial charge on any atom is -0.494 e. The van der Waals surface area contributed by atoms with Crippen LogP contribution in [-0.4, -0.2) is 48.5 Å². The van der Waals surface area contributed by atoms with E-state index >= 15 is 0 Å². The van der Waals surface area contributed by atoms with Crippen molar-refractivity contribution in [2.24, 2.45) is 0 Å². The van der Waals surface area contributed by atoms with E-state index in [9.17, 15) is 14.4 Å². The van der Waals surface area contributed by atoms with E-state index in [-0.39, 0.29) is 30.4 Å². The molecular weight excluding hydrogens is 384 g/mol. The van der Waals surface area contributed by atoms with E-state index in [0.29, 0.717) is 41.3 Å². The molecule has 7 nitrogen and oxygen atoms in total. The number of amides is 3. The van der Waals surface area contributed by atoms with Crippen LogP contribution in [0.4, 0.5) is 5.69 Å². The summed E-state index contributed by atoms with van der Waals surface area (Å²) in [5, 5.41) is 2.79. The minimum atomic E-state index is -0.348. The van der Waals surface area contributed by atoms with Gasteiger partial charge in [0.2, 0.25) is 0 Å². The highest BCUT2D eigenvalue weighted by Crippen LogP contribution is 2.28. The van der Waals surface area contributed by atoms with Gasteiger partial charge in [0, 0.05) is 17.9 Å². The molecule has 0 aromatic heterocycles. The fourth-order valence-electron chi connectivity index (χ4n) is 3.65.